The first-order valence-electron chi connectivity index (χ1n) is 4.61. The largest absolute Gasteiger partial charge is 0.379 e. The van der Waals surface area contributed by atoms with Gasteiger partial charge >= 0.3 is 0 Å². The Hall–Kier alpha value is -2.01. The number of halogens is 1. The molecule has 0 fully saturated rings. The highest BCUT2D eigenvalue weighted by atomic mass is 35.5. The number of nitrogen functional groups attached to an aromatic ring is 1. The van der Waals surface area contributed by atoms with Crippen LogP contribution in [0.5, 0.6) is 0 Å². The van der Waals surface area contributed by atoms with Crippen LogP contribution in [0.2, 0.25) is 5.02 Å². The van der Waals surface area contributed by atoms with Crippen molar-refractivity contribution < 1.29 is 4.63 Å². The van der Waals surface area contributed by atoms with Gasteiger partial charge in [0.05, 0.1) is 16.2 Å². The van der Waals surface area contributed by atoms with Crippen LogP contribution in [0.4, 0.5) is 5.82 Å². The summed E-state index contributed by atoms with van der Waals surface area (Å²) in [5.41, 5.74) is 7.69. The topological polar surface area (TPSA) is 80.7 Å². The van der Waals surface area contributed by atoms with E-state index in [4.69, 9.17) is 17.3 Å². The molecule has 1 aromatic carbocycles. The second-order valence-corrected chi connectivity index (χ2v) is 3.79. The number of nitrogens with one attached hydrogen (secondary N) is 1. The highest BCUT2D eigenvalue weighted by Crippen LogP contribution is 2.29. The smallest absolute Gasteiger partial charge is 0.197 e. The van der Waals surface area contributed by atoms with Gasteiger partial charge in [0.15, 0.2) is 11.5 Å². The number of rotatable bonds is 1. The zero-order valence-electron chi connectivity index (χ0n) is 8.07. The third-order valence-corrected chi connectivity index (χ3v) is 2.69. The summed E-state index contributed by atoms with van der Waals surface area (Å²) in [5.74, 6) is 0.252. The number of aromatic amines is 1. The maximum atomic E-state index is 6.05. The number of benzene rings is 1. The molecule has 80 valence electrons. The van der Waals surface area contributed by atoms with Crippen LogP contribution in [0.3, 0.4) is 0 Å². The maximum Gasteiger partial charge on any atom is 0.197 e. The van der Waals surface area contributed by atoms with Crippen LogP contribution >= 0.6 is 11.6 Å². The van der Waals surface area contributed by atoms with Crippen molar-refractivity contribution in [3.05, 3.63) is 29.3 Å². The Morgan fingerprint density at radius 2 is 2.19 bits per heavy atom. The van der Waals surface area contributed by atoms with Crippen molar-refractivity contribution in [2.75, 3.05) is 5.73 Å². The molecule has 0 radical (unpaired) electrons. The van der Waals surface area contributed by atoms with E-state index in [-0.39, 0.29) is 5.82 Å². The lowest BCUT2D eigenvalue weighted by Gasteiger charge is -1.91. The van der Waals surface area contributed by atoms with Crippen molar-refractivity contribution in [2.24, 2.45) is 0 Å². The summed E-state index contributed by atoms with van der Waals surface area (Å²) in [5, 5.41) is 8.89. The normalized spacial score (nSPS) is 11.1. The molecule has 2 aromatic heterocycles. The van der Waals surface area contributed by atoms with Crippen LogP contribution in [0, 0.1) is 0 Å². The van der Waals surface area contributed by atoms with E-state index in [9.17, 15) is 0 Å². The molecule has 0 unspecified atom stereocenters. The van der Waals surface area contributed by atoms with Gasteiger partial charge in [-0.1, -0.05) is 23.7 Å². The van der Waals surface area contributed by atoms with E-state index in [1.807, 2.05) is 24.3 Å². The molecule has 0 amide bonds. The fraction of sp³-hybridized carbons (Fsp3) is 0. The Kier molecular flexibility index (Phi) is 1.87. The van der Waals surface area contributed by atoms with Gasteiger partial charge in [-0.2, -0.15) is 0 Å². The average molecular weight is 235 g/mol. The number of anilines is 1. The van der Waals surface area contributed by atoms with Crippen molar-refractivity contribution in [3.8, 4) is 11.4 Å². The fourth-order valence-electron chi connectivity index (χ4n) is 1.63. The van der Waals surface area contributed by atoms with E-state index in [0.717, 1.165) is 16.6 Å². The first kappa shape index (κ1) is 9.23. The Bertz CT molecular complexity index is 658. The number of aromatic nitrogens is 3. The van der Waals surface area contributed by atoms with E-state index in [1.54, 1.807) is 0 Å². The molecule has 16 heavy (non-hydrogen) atoms. The molecule has 5 nitrogen and oxygen atoms in total. The van der Waals surface area contributed by atoms with E-state index in [1.165, 1.54) is 0 Å². The maximum absolute atomic E-state index is 6.05. The van der Waals surface area contributed by atoms with Crippen LogP contribution in [0.25, 0.3) is 22.3 Å². The van der Waals surface area contributed by atoms with Crippen LogP contribution in [0.15, 0.2) is 28.9 Å². The second kappa shape index (κ2) is 3.24. The van der Waals surface area contributed by atoms with E-state index in [2.05, 4.69) is 19.9 Å². The molecule has 6 heteroatoms. The van der Waals surface area contributed by atoms with Gasteiger partial charge in [-0.25, -0.2) is 4.63 Å². The monoisotopic (exact) mass is 234 g/mol. The van der Waals surface area contributed by atoms with Crippen molar-refractivity contribution >= 4 is 28.3 Å². The molecule has 0 aliphatic rings. The average Bonchev–Trinajstić information content (AvgIpc) is 2.84. The lowest BCUT2D eigenvalue weighted by molar-refractivity contribution is 0.310. The van der Waals surface area contributed by atoms with Crippen molar-refractivity contribution in [2.45, 2.75) is 0 Å². The first-order valence-corrected chi connectivity index (χ1v) is 4.99. The Morgan fingerprint density at radius 1 is 1.31 bits per heavy atom. The number of nitrogens with two attached hydrogens (primary N) is 1. The summed E-state index contributed by atoms with van der Waals surface area (Å²) in [6.07, 6.45) is 0. The SMILES string of the molecule is Nc1nonc1-c1cc2cccc(Cl)c2[nH]1. The fourth-order valence-corrected chi connectivity index (χ4v) is 1.86. The number of hydrogen-bond donors (Lipinski definition) is 2. The van der Waals surface area contributed by atoms with Gasteiger partial charge in [-0.05, 0) is 22.4 Å². The third-order valence-electron chi connectivity index (χ3n) is 2.37. The quantitative estimate of drug-likeness (QED) is 0.678. The molecule has 3 N–H and O–H groups in total. The molecule has 0 aliphatic carbocycles. The molecule has 2 heterocycles. The molecule has 0 aliphatic heterocycles. The van der Waals surface area contributed by atoms with Gasteiger partial charge in [0.25, 0.3) is 0 Å². The molecule has 0 spiro atoms. The summed E-state index contributed by atoms with van der Waals surface area (Å²) >= 11 is 6.05. The van der Waals surface area contributed by atoms with Crippen molar-refractivity contribution in [1.82, 2.24) is 15.3 Å². The summed E-state index contributed by atoms with van der Waals surface area (Å²) in [4.78, 5) is 3.13. The molecule has 0 atom stereocenters. The van der Waals surface area contributed by atoms with Crippen molar-refractivity contribution in [3.63, 3.8) is 0 Å². The van der Waals surface area contributed by atoms with E-state index in [0.29, 0.717) is 10.7 Å². The van der Waals surface area contributed by atoms with Crippen LogP contribution in [-0.2, 0) is 0 Å². The highest BCUT2D eigenvalue weighted by molar-refractivity contribution is 6.35. The zero-order chi connectivity index (χ0) is 11.1. The van der Waals surface area contributed by atoms with Gasteiger partial charge in [0.1, 0.15) is 0 Å². The van der Waals surface area contributed by atoms with Gasteiger partial charge in [0, 0.05) is 5.39 Å². The molecular formula is C10H7ClN4O. The molecule has 0 saturated carbocycles. The highest BCUT2D eigenvalue weighted by Gasteiger charge is 2.12. The van der Waals surface area contributed by atoms with E-state index >= 15 is 0 Å². The molecular weight excluding hydrogens is 228 g/mol. The predicted molar refractivity (Wildman–Crippen MR) is 61.0 cm³/mol. The summed E-state index contributed by atoms with van der Waals surface area (Å²) in [6, 6.07) is 7.54. The van der Waals surface area contributed by atoms with Crippen LogP contribution < -0.4 is 5.73 Å². The number of H-pyrrole nitrogens is 1. The second-order valence-electron chi connectivity index (χ2n) is 3.39. The lowest BCUT2D eigenvalue weighted by atomic mass is 10.2. The van der Waals surface area contributed by atoms with Crippen molar-refractivity contribution in [1.29, 1.82) is 0 Å². The Balaban J connectivity index is 2.27. The van der Waals surface area contributed by atoms with Crippen LogP contribution in [-0.4, -0.2) is 15.3 Å². The minimum absolute atomic E-state index is 0.252. The zero-order valence-corrected chi connectivity index (χ0v) is 8.82. The third kappa shape index (κ3) is 1.25. The minimum atomic E-state index is 0.252. The summed E-state index contributed by atoms with van der Waals surface area (Å²) in [7, 11) is 0. The van der Waals surface area contributed by atoms with Crippen LogP contribution in [0.1, 0.15) is 0 Å². The Morgan fingerprint density at radius 3 is 2.88 bits per heavy atom. The van der Waals surface area contributed by atoms with E-state index < -0.39 is 0 Å². The Labute approximate surface area is 95.2 Å². The van der Waals surface area contributed by atoms with Gasteiger partial charge in [-0.15, -0.1) is 0 Å². The number of hydrogen-bond acceptors (Lipinski definition) is 4. The van der Waals surface area contributed by atoms with Gasteiger partial charge in [-0.3, -0.25) is 0 Å². The summed E-state index contributed by atoms with van der Waals surface area (Å²) < 4.78 is 4.55. The molecule has 0 saturated heterocycles. The number of nitrogens with zero attached hydrogens (tertiary/aromatic N) is 2. The molecule has 3 aromatic rings. The predicted octanol–water partition coefficient (Wildman–Crippen LogP) is 2.45. The minimum Gasteiger partial charge on any atom is -0.379 e. The number of fused-ring (bicyclic) bond motifs is 1. The standard InChI is InChI=1S/C10H7ClN4O/c11-6-3-1-2-5-4-7(13-8(5)6)9-10(12)15-16-14-9/h1-4,13H,(H2,12,15). The molecule has 3 rings (SSSR count). The van der Waals surface area contributed by atoms with Gasteiger partial charge in [0.2, 0.25) is 0 Å². The van der Waals surface area contributed by atoms with Gasteiger partial charge < -0.3 is 10.7 Å². The summed E-state index contributed by atoms with van der Waals surface area (Å²) in [6.45, 7) is 0. The first-order chi connectivity index (χ1) is 7.75. The lowest BCUT2D eigenvalue weighted by Crippen LogP contribution is -1.88. The number of para-hydroxylation sites is 1. The molecule has 0 bridgehead atoms.